The van der Waals surface area contributed by atoms with E-state index >= 15 is 0 Å². The molecule has 2 saturated heterocycles. The molecule has 2 fully saturated rings. The molecule has 0 spiro atoms. The molecule has 11 atom stereocenters. The number of nitrogens with one attached hydrogen (secondary N) is 2. The van der Waals surface area contributed by atoms with E-state index in [1.807, 2.05) is 9.97 Å². The Bertz CT molecular complexity index is 3540. The van der Waals surface area contributed by atoms with Crippen LogP contribution in [0.4, 0.5) is 0 Å². The van der Waals surface area contributed by atoms with E-state index in [4.69, 9.17) is 55.5 Å². The maximum absolute atomic E-state index is 13.1. The van der Waals surface area contributed by atoms with Gasteiger partial charge in [-0.2, -0.15) is 0 Å². The molecular formula is C82H148N4O27P2. The summed E-state index contributed by atoms with van der Waals surface area (Å²) in [5.74, 6) is -2.07. The van der Waals surface area contributed by atoms with Gasteiger partial charge in [0.1, 0.15) is 48.8 Å². The van der Waals surface area contributed by atoms with E-state index in [1.54, 1.807) is 0 Å². The lowest BCUT2D eigenvalue weighted by molar-refractivity contribution is -0.161. The Balaban J connectivity index is 0.000000692. The Morgan fingerprint density at radius 3 is 1.00 bits per heavy atom. The van der Waals surface area contributed by atoms with Gasteiger partial charge in [0.2, 0.25) is 0 Å². The van der Waals surface area contributed by atoms with E-state index in [2.05, 4.69) is 32.2 Å². The maximum atomic E-state index is 13.1. The molecule has 668 valence electrons. The Morgan fingerprint density at radius 1 is 0.443 bits per heavy atom. The third-order valence-corrected chi connectivity index (χ3v) is 21.4. The van der Waals surface area contributed by atoms with Crippen LogP contribution in [0.1, 0.15) is 370 Å². The van der Waals surface area contributed by atoms with Gasteiger partial charge in [-0.05, 0) is 39.5 Å². The molecule has 2 aliphatic rings. The molecule has 33 heteroatoms. The van der Waals surface area contributed by atoms with Crippen molar-refractivity contribution in [3.63, 3.8) is 0 Å². The summed E-state index contributed by atoms with van der Waals surface area (Å²) in [6, 6.07) is -1.28. The number of aromatic nitrogens is 4. The van der Waals surface area contributed by atoms with Crippen LogP contribution in [-0.4, -0.2) is 171 Å². The first kappa shape index (κ1) is 95.6. The molecule has 0 saturated carbocycles. The van der Waals surface area contributed by atoms with E-state index in [-0.39, 0.29) is 32.3 Å². The summed E-state index contributed by atoms with van der Waals surface area (Å²) in [5.41, 5.74) is -8.69. The highest BCUT2D eigenvalue weighted by Gasteiger charge is 2.55. The molecule has 0 bridgehead atoms. The molecule has 2 aliphatic heterocycles. The average molecular weight is 1690 g/mol. The highest BCUT2D eigenvalue weighted by molar-refractivity contribution is 7.47. The van der Waals surface area contributed by atoms with Gasteiger partial charge in [-0.25, -0.2) is 18.7 Å². The molecule has 115 heavy (non-hydrogen) atoms. The Kier molecular flexibility index (Phi) is 52.6. The number of hydrogen-bond acceptors (Lipinski definition) is 24. The summed E-state index contributed by atoms with van der Waals surface area (Å²) < 4.78 is 118. The van der Waals surface area contributed by atoms with Crippen LogP contribution in [-0.2, 0) is 70.3 Å². The molecular weight excluding hydrogens is 1530 g/mol. The van der Waals surface area contributed by atoms with Crippen molar-refractivity contribution in [3.8, 4) is 0 Å². The zero-order valence-corrected chi connectivity index (χ0v) is 71.5. The first-order valence-corrected chi connectivity index (χ1v) is 45.8. The zero-order valence-electron chi connectivity index (χ0n) is 75.7. The molecule has 4 rings (SSSR count). The molecule has 10 N–H and O–H groups in total. The highest BCUT2D eigenvalue weighted by atomic mass is 31.2. The highest BCUT2D eigenvalue weighted by Crippen LogP contribution is 2.46. The number of nitrogens with zero attached hydrogens (tertiary/aromatic N) is 2. The number of phosphoric ester groups is 2. The second-order valence-corrected chi connectivity index (χ2v) is 33.3. The van der Waals surface area contributed by atoms with Crippen LogP contribution < -0.4 is 22.5 Å². The van der Waals surface area contributed by atoms with Crippen LogP contribution in [0.5, 0.6) is 0 Å². The third kappa shape index (κ3) is 49.5. The number of ether oxygens (including phenoxy) is 6. The van der Waals surface area contributed by atoms with Crippen molar-refractivity contribution in [1.82, 2.24) is 19.1 Å². The summed E-state index contributed by atoms with van der Waals surface area (Å²) in [6.45, 7) is 2.43. The standard InChI is InChI=1S/C41H73N2O13P.C31H61O8P.C10H14N2O6/c1-4-6-8-10-12-14-16-18-20-22-24-26-36(45)52-30-33(55-37(46)27-25-23-21-19-17-15-13-11-9-7-5-2)31-53-57(50,51)54-32-34-38(47)41(3,49)39(56-34)43-29-28-35(44)42-40(43)48;1-3-5-7-9-11-13-15-17-19-21-23-25-30(32)37-27-29(28-38-40(34,35)36)39-31(33)26-24-22-20-18-16-14-12-10-8-6-4-2;1-10(17)7(15)5(4-13)18-8(10)12-3-2-6(14)11-9(12)16/h28-29,33-34,38-39,47,49H,4-27,30-32H2,1-3H3,(H,50,51)(H,42,44,48);29H,3-28H2,1-2H3,(H2,34,35,36);2-3,5,7-8,13,15,17H,4H2,1H3,(H,11,14,16)/t33?,34-,38-,39-,41-;;5-,7-,8-,10-/m1.1/s1/i28D,32D2;;2D,4D2. The van der Waals surface area contributed by atoms with Gasteiger partial charge < -0.3 is 68.6 Å². The topological polar surface area (TPSA) is 457 Å². The van der Waals surface area contributed by atoms with Gasteiger partial charge in [0.05, 0.1) is 34.6 Å². The summed E-state index contributed by atoms with van der Waals surface area (Å²) in [6.07, 6.45) is 38.4. The molecule has 31 nitrogen and oxygen atoms in total. The summed E-state index contributed by atoms with van der Waals surface area (Å²) in [7, 11) is -10.1. The third-order valence-electron chi connectivity index (χ3n) is 20.1. The van der Waals surface area contributed by atoms with Gasteiger partial charge in [-0.3, -0.25) is 61.4 Å². The molecule has 2 aromatic rings. The number of H-pyrrole nitrogens is 2. The normalized spacial score (nSPS) is 21.3. The number of phosphoric acid groups is 2. The number of rotatable bonds is 66. The van der Waals surface area contributed by atoms with Crippen molar-refractivity contribution < 1.29 is 119 Å². The maximum Gasteiger partial charge on any atom is 0.472 e. The second-order valence-electron chi connectivity index (χ2n) is 30.7. The summed E-state index contributed by atoms with van der Waals surface area (Å²) in [4.78, 5) is 129. The molecule has 0 aromatic carbocycles. The lowest BCUT2D eigenvalue weighted by Gasteiger charge is -2.27. The van der Waals surface area contributed by atoms with Crippen LogP contribution >= 0.6 is 15.6 Å². The van der Waals surface area contributed by atoms with Crippen molar-refractivity contribution in [2.45, 2.75) is 410 Å². The first-order valence-electron chi connectivity index (χ1n) is 45.8. The Morgan fingerprint density at radius 2 is 0.713 bits per heavy atom. The van der Waals surface area contributed by atoms with Gasteiger partial charge in [0, 0.05) is 50.2 Å². The molecule has 0 amide bonds. The molecule has 0 aliphatic carbocycles. The largest absolute Gasteiger partial charge is 0.472 e. The lowest BCUT2D eigenvalue weighted by Crippen LogP contribution is -2.46. The van der Waals surface area contributed by atoms with Crippen LogP contribution in [0.15, 0.2) is 43.7 Å². The predicted octanol–water partition coefficient (Wildman–Crippen LogP) is 14.0. The van der Waals surface area contributed by atoms with Crippen molar-refractivity contribution in [3.05, 3.63) is 66.2 Å². The predicted molar refractivity (Wildman–Crippen MR) is 437 cm³/mol. The Labute approximate surface area is 690 Å². The van der Waals surface area contributed by atoms with Gasteiger partial charge >= 0.3 is 50.9 Å². The van der Waals surface area contributed by atoms with E-state index in [0.29, 0.717) is 28.4 Å². The fraction of sp³-hybridized carbons (Fsp3) is 0.854. The SMILES string of the molecule is CCCCCCCCCCCCCC(=O)OCC(COP(=O)(O)O)OC(=O)CCCCCCCCCCCCC.[2H]c1cn([C@@H]2O[C@H](C([2H])([2H])O)[C@@H](O)[C@@]2(C)O)c(=O)[nH]c1=O.[2H]c1cn([C@@H]2O[C@H](C([2H])([2H])OP(=O)(O)OCC(COC(=O)CCCCCCCCCCCCC)OC(=O)CCCCCCCCCCCCC)[C@@H](O)[C@@]2(C)O)c(=O)[nH]c1=O. The van der Waals surface area contributed by atoms with Crippen LogP contribution in [0.25, 0.3) is 0 Å². The van der Waals surface area contributed by atoms with Crippen LogP contribution in [0, 0.1) is 0 Å². The van der Waals surface area contributed by atoms with Gasteiger partial charge in [-0.15, -0.1) is 0 Å². The fourth-order valence-corrected chi connectivity index (χ4v) is 14.1. The number of unbranched alkanes of at least 4 members (excludes halogenated alkanes) is 40. The fourth-order valence-electron chi connectivity index (χ4n) is 13.1. The molecule has 0 radical (unpaired) electrons. The van der Waals surface area contributed by atoms with Crippen LogP contribution in [0.3, 0.4) is 0 Å². The molecule has 3 unspecified atom stereocenters. The number of hydrogen-bond donors (Lipinski definition) is 10. The van der Waals surface area contributed by atoms with Gasteiger partial charge in [0.15, 0.2) is 24.7 Å². The summed E-state index contributed by atoms with van der Waals surface area (Å²) >= 11 is 0. The van der Waals surface area contributed by atoms with E-state index in [1.165, 1.54) is 173 Å². The minimum absolute atomic E-state index is 0.0497. The molecule has 4 heterocycles. The molecule has 2 aromatic heterocycles. The van der Waals surface area contributed by atoms with Crippen molar-refractivity contribution in [1.29, 1.82) is 0 Å². The second kappa shape index (κ2) is 63.2. The number of carbonyl (C=O) groups excluding carboxylic acids is 4. The monoisotopic (exact) mass is 1690 g/mol. The first-order chi connectivity index (χ1) is 57.2. The quantitative estimate of drug-likeness (QED) is 0.0127. The number of carbonyl (C=O) groups is 4. The van der Waals surface area contributed by atoms with Crippen LogP contribution in [0.2, 0.25) is 0 Å². The van der Waals surface area contributed by atoms with E-state index < -0.39 is 167 Å². The van der Waals surface area contributed by atoms with Gasteiger partial charge in [0.25, 0.3) is 11.1 Å². The van der Waals surface area contributed by atoms with E-state index in [0.717, 1.165) is 116 Å². The zero-order chi connectivity index (χ0) is 90.5. The number of esters is 4. The smallest absolute Gasteiger partial charge is 0.462 e. The number of aliphatic hydroxyl groups is 5. The lowest BCUT2D eigenvalue weighted by atomic mass is 9.96. The van der Waals surface area contributed by atoms with Gasteiger partial charge in [-0.1, -0.05) is 285 Å². The van der Waals surface area contributed by atoms with Crippen molar-refractivity contribution in [2.24, 2.45) is 0 Å². The van der Waals surface area contributed by atoms with Crippen molar-refractivity contribution >= 4 is 39.5 Å². The average Bonchev–Trinajstić information content (AvgIpc) is 1.65. The van der Waals surface area contributed by atoms with Crippen molar-refractivity contribution in [2.75, 3.05) is 39.5 Å². The minimum Gasteiger partial charge on any atom is -0.462 e. The van der Waals surface area contributed by atoms with E-state index in [9.17, 15) is 77.9 Å². The number of aromatic amines is 2. The number of aliphatic hydroxyl groups excluding tert-OH is 2. The summed E-state index contributed by atoms with van der Waals surface area (Å²) in [5, 5.41) is 51.2. The Hall–Kier alpha value is -4.82. The minimum atomic E-state index is -5.41.